The Kier molecular flexibility index (Phi) is 11.7. The van der Waals surface area contributed by atoms with E-state index in [4.69, 9.17) is 16.3 Å². The van der Waals surface area contributed by atoms with Crippen LogP contribution in [0.15, 0.2) is 71.6 Å². The Labute approximate surface area is 263 Å². The predicted octanol–water partition coefficient (Wildman–Crippen LogP) is 5.14. The van der Waals surface area contributed by atoms with Crippen LogP contribution in [0.25, 0.3) is 0 Å². The second-order valence-electron chi connectivity index (χ2n) is 10.3. The fourth-order valence-corrected chi connectivity index (χ4v) is 6.08. The number of nitrogens with one attached hydrogen (secondary N) is 1. The first-order valence-electron chi connectivity index (χ1n) is 14.0. The van der Waals surface area contributed by atoms with E-state index >= 15 is 0 Å². The van der Waals surface area contributed by atoms with Gasteiger partial charge in [-0.3, -0.25) is 24.0 Å². The Balaban J connectivity index is 2.11. The molecule has 0 spiro atoms. The molecule has 3 aromatic carbocycles. The van der Waals surface area contributed by atoms with Crippen molar-refractivity contribution >= 4 is 44.8 Å². The molecule has 0 saturated heterocycles. The molecular formula is C31H37ClN4O7S. The van der Waals surface area contributed by atoms with Crippen molar-refractivity contribution in [3.05, 3.63) is 93.0 Å². The van der Waals surface area contributed by atoms with Crippen molar-refractivity contribution in [2.24, 2.45) is 0 Å². The molecule has 2 atom stereocenters. The minimum absolute atomic E-state index is 0.0451. The Morgan fingerprint density at radius 3 is 2.36 bits per heavy atom. The SMILES string of the molecule is CC[C@H](C)NC(=O)[C@@H](C)N(CCc1ccccc1)C(=O)CN(c1cc(Cl)ccc1OC)S(=O)(=O)c1ccc(C)c([N+](=O)[O-])c1. The standard InChI is InChI=1S/C31H37ClN4O7S/c1-6-22(3)33-31(38)23(4)34(17-16-24-10-8-7-9-11-24)30(37)20-35(28-18-25(32)13-15-29(28)43-5)44(41,42)26-14-12-21(2)27(19-26)36(39)40/h7-15,18-19,22-23H,6,16-17,20H2,1-5H3,(H,33,38)/t22-,23+/m0/s1. The van der Waals surface area contributed by atoms with Gasteiger partial charge in [-0.25, -0.2) is 8.42 Å². The van der Waals surface area contributed by atoms with E-state index < -0.39 is 44.0 Å². The highest BCUT2D eigenvalue weighted by Gasteiger charge is 2.35. The van der Waals surface area contributed by atoms with Gasteiger partial charge in [-0.15, -0.1) is 0 Å². The minimum Gasteiger partial charge on any atom is -0.495 e. The summed E-state index contributed by atoms with van der Waals surface area (Å²) in [6.45, 7) is 6.23. The van der Waals surface area contributed by atoms with Crippen LogP contribution in [-0.4, -0.2) is 62.3 Å². The molecule has 0 fully saturated rings. The lowest BCUT2D eigenvalue weighted by atomic mass is 10.1. The molecule has 3 rings (SSSR count). The fourth-order valence-electron chi connectivity index (χ4n) is 4.48. The third-order valence-electron chi connectivity index (χ3n) is 7.31. The Hall–Kier alpha value is -4.16. The number of hydrogen-bond acceptors (Lipinski definition) is 7. The third-order valence-corrected chi connectivity index (χ3v) is 9.30. The Morgan fingerprint density at radius 1 is 1.07 bits per heavy atom. The van der Waals surface area contributed by atoms with Crippen LogP contribution >= 0.6 is 11.6 Å². The van der Waals surface area contributed by atoms with Crippen LogP contribution in [0.2, 0.25) is 5.02 Å². The maximum absolute atomic E-state index is 14.2. The van der Waals surface area contributed by atoms with Gasteiger partial charge in [0, 0.05) is 29.2 Å². The molecule has 0 bridgehead atoms. The second-order valence-corrected chi connectivity index (χ2v) is 12.6. The van der Waals surface area contributed by atoms with Crippen LogP contribution < -0.4 is 14.4 Å². The highest BCUT2D eigenvalue weighted by atomic mass is 35.5. The number of carbonyl (C=O) groups excluding carboxylic acids is 2. The van der Waals surface area contributed by atoms with Gasteiger partial charge < -0.3 is 15.0 Å². The minimum atomic E-state index is -4.60. The van der Waals surface area contributed by atoms with Crippen molar-refractivity contribution in [1.29, 1.82) is 0 Å². The molecule has 0 aliphatic rings. The van der Waals surface area contributed by atoms with E-state index in [0.717, 1.165) is 15.9 Å². The monoisotopic (exact) mass is 644 g/mol. The van der Waals surface area contributed by atoms with Crippen LogP contribution in [0.3, 0.4) is 0 Å². The maximum atomic E-state index is 14.2. The molecule has 3 aromatic rings. The lowest BCUT2D eigenvalue weighted by Crippen LogP contribution is -2.53. The van der Waals surface area contributed by atoms with E-state index in [0.29, 0.717) is 12.8 Å². The lowest BCUT2D eigenvalue weighted by molar-refractivity contribution is -0.385. The summed E-state index contributed by atoms with van der Waals surface area (Å²) in [6, 6.07) is 16.1. The number of methoxy groups -OCH3 is 1. The molecule has 1 N–H and O–H groups in total. The van der Waals surface area contributed by atoms with Crippen LogP contribution in [-0.2, 0) is 26.0 Å². The zero-order valence-corrected chi connectivity index (χ0v) is 26.9. The van der Waals surface area contributed by atoms with Gasteiger partial charge in [0.2, 0.25) is 11.8 Å². The molecule has 0 unspecified atom stereocenters. The number of hydrogen-bond donors (Lipinski definition) is 1. The average Bonchev–Trinajstić information content (AvgIpc) is 3.00. The molecule has 0 radical (unpaired) electrons. The molecule has 0 aromatic heterocycles. The maximum Gasteiger partial charge on any atom is 0.273 e. The van der Waals surface area contributed by atoms with E-state index in [1.807, 2.05) is 44.2 Å². The van der Waals surface area contributed by atoms with Crippen molar-refractivity contribution in [3.63, 3.8) is 0 Å². The predicted molar refractivity (Wildman–Crippen MR) is 170 cm³/mol. The third kappa shape index (κ3) is 8.26. The normalized spacial score (nSPS) is 12.6. The molecule has 0 aliphatic heterocycles. The van der Waals surface area contributed by atoms with Crippen LogP contribution in [0, 0.1) is 17.0 Å². The van der Waals surface area contributed by atoms with Crippen molar-refractivity contribution in [2.45, 2.75) is 57.5 Å². The average molecular weight is 645 g/mol. The van der Waals surface area contributed by atoms with Gasteiger partial charge >= 0.3 is 0 Å². The molecule has 13 heteroatoms. The number of rotatable bonds is 14. The first kappa shape index (κ1) is 34.3. The molecule has 236 valence electrons. The van der Waals surface area contributed by atoms with E-state index in [9.17, 15) is 28.1 Å². The smallest absolute Gasteiger partial charge is 0.273 e. The summed E-state index contributed by atoms with van der Waals surface area (Å²) in [4.78, 5) is 39.2. The second kappa shape index (κ2) is 15.0. The van der Waals surface area contributed by atoms with E-state index in [1.54, 1.807) is 6.92 Å². The van der Waals surface area contributed by atoms with Crippen molar-refractivity contribution in [2.75, 3.05) is 24.5 Å². The number of carbonyl (C=O) groups is 2. The van der Waals surface area contributed by atoms with Crippen LogP contribution in [0.4, 0.5) is 11.4 Å². The molecule has 0 saturated carbocycles. The van der Waals surface area contributed by atoms with E-state index in [-0.39, 0.29) is 40.5 Å². The van der Waals surface area contributed by atoms with Crippen LogP contribution in [0.1, 0.15) is 38.3 Å². The number of ether oxygens (including phenoxy) is 1. The molecule has 0 aliphatic carbocycles. The zero-order chi connectivity index (χ0) is 32.6. The van der Waals surface area contributed by atoms with E-state index in [1.165, 1.54) is 49.3 Å². The van der Waals surface area contributed by atoms with Gasteiger partial charge in [-0.2, -0.15) is 0 Å². The quantitative estimate of drug-likeness (QED) is 0.189. The summed E-state index contributed by atoms with van der Waals surface area (Å²) in [6.07, 6.45) is 1.09. The van der Waals surface area contributed by atoms with Gasteiger partial charge in [0.15, 0.2) is 0 Å². The summed E-state index contributed by atoms with van der Waals surface area (Å²) in [5, 5.41) is 14.7. The molecule has 44 heavy (non-hydrogen) atoms. The summed E-state index contributed by atoms with van der Waals surface area (Å²) >= 11 is 6.26. The number of aryl methyl sites for hydroxylation is 1. The summed E-state index contributed by atoms with van der Waals surface area (Å²) in [5.74, 6) is -0.949. The zero-order valence-electron chi connectivity index (χ0n) is 25.3. The molecule has 0 heterocycles. The summed E-state index contributed by atoms with van der Waals surface area (Å²) in [7, 11) is -3.26. The summed E-state index contributed by atoms with van der Waals surface area (Å²) in [5.41, 5.74) is 0.754. The molecule has 2 amide bonds. The number of benzene rings is 3. The number of nitrogens with zero attached hydrogens (tertiary/aromatic N) is 3. The number of halogens is 1. The van der Waals surface area contributed by atoms with Crippen molar-refractivity contribution < 1.29 is 27.7 Å². The van der Waals surface area contributed by atoms with Gasteiger partial charge in [0.25, 0.3) is 15.7 Å². The molecule has 11 nitrogen and oxygen atoms in total. The number of nitro groups is 1. The lowest BCUT2D eigenvalue weighted by Gasteiger charge is -2.32. The largest absolute Gasteiger partial charge is 0.495 e. The van der Waals surface area contributed by atoms with Gasteiger partial charge in [-0.05, 0) is 63.4 Å². The Bertz CT molecular complexity index is 1600. The summed E-state index contributed by atoms with van der Waals surface area (Å²) < 4.78 is 34.6. The highest BCUT2D eigenvalue weighted by Crippen LogP contribution is 2.36. The first-order valence-corrected chi connectivity index (χ1v) is 15.9. The number of anilines is 1. The van der Waals surface area contributed by atoms with Crippen molar-refractivity contribution in [1.82, 2.24) is 10.2 Å². The number of sulfonamides is 1. The number of nitro benzene ring substituents is 1. The molecular weight excluding hydrogens is 608 g/mol. The highest BCUT2D eigenvalue weighted by molar-refractivity contribution is 7.92. The Morgan fingerprint density at radius 2 is 1.75 bits per heavy atom. The number of amides is 2. The van der Waals surface area contributed by atoms with Crippen LogP contribution in [0.5, 0.6) is 5.75 Å². The topological polar surface area (TPSA) is 139 Å². The fraction of sp³-hybridized carbons (Fsp3) is 0.355. The van der Waals surface area contributed by atoms with Gasteiger partial charge in [0.05, 0.1) is 22.6 Å². The van der Waals surface area contributed by atoms with E-state index in [2.05, 4.69) is 5.32 Å². The first-order chi connectivity index (χ1) is 20.8. The van der Waals surface area contributed by atoms with Crippen molar-refractivity contribution in [3.8, 4) is 5.75 Å². The van der Waals surface area contributed by atoms with Gasteiger partial charge in [0.1, 0.15) is 18.3 Å². The van der Waals surface area contributed by atoms with Gasteiger partial charge in [-0.1, -0.05) is 54.9 Å².